The van der Waals surface area contributed by atoms with E-state index in [1.807, 2.05) is 0 Å². The van der Waals surface area contributed by atoms with E-state index in [-0.39, 0.29) is 12.2 Å². The molecule has 1 saturated carbocycles. The molecule has 3 heteroatoms. The van der Waals surface area contributed by atoms with Crippen molar-refractivity contribution in [1.29, 1.82) is 0 Å². The number of hydrogen-bond acceptors (Lipinski definition) is 3. The summed E-state index contributed by atoms with van der Waals surface area (Å²) in [7, 11) is 0. The van der Waals surface area contributed by atoms with E-state index in [1.165, 1.54) is 19.3 Å². The third-order valence-corrected chi connectivity index (χ3v) is 3.83. The summed E-state index contributed by atoms with van der Waals surface area (Å²) in [4.78, 5) is 0. The van der Waals surface area contributed by atoms with E-state index >= 15 is 0 Å². The highest BCUT2D eigenvalue weighted by Gasteiger charge is 2.24. The molecule has 1 rings (SSSR count). The fourth-order valence-corrected chi connectivity index (χ4v) is 2.52. The van der Waals surface area contributed by atoms with Crippen LogP contribution in [0.1, 0.15) is 59.8 Å². The van der Waals surface area contributed by atoms with Crippen molar-refractivity contribution < 1.29 is 9.84 Å². The van der Waals surface area contributed by atoms with Crippen LogP contribution in [0.2, 0.25) is 0 Å². The van der Waals surface area contributed by atoms with Gasteiger partial charge in [0.2, 0.25) is 0 Å². The second kappa shape index (κ2) is 8.93. The summed E-state index contributed by atoms with van der Waals surface area (Å²) in [6, 6.07) is 0.565. The molecule has 114 valence electrons. The lowest BCUT2D eigenvalue weighted by atomic mass is 10.1. The Hall–Kier alpha value is -0.120. The summed E-state index contributed by atoms with van der Waals surface area (Å²) in [6.07, 6.45) is 6.12. The summed E-state index contributed by atoms with van der Waals surface area (Å²) >= 11 is 0. The summed E-state index contributed by atoms with van der Waals surface area (Å²) in [5, 5.41) is 13.4. The van der Waals surface area contributed by atoms with Gasteiger partial charge in [0, 0.05) is 12.6 Å². The van der Waals surface area contributed by atoms with Crippen LogP contribution in [0.15, 0.2) is 0 Å². The first-order valence-electron chi connectivity index (χ1n) is 8.04. The van der Waals surface area contributed by atoms with Gasteiger partial charge in [-0.1, -0.05) is 33.6 Å². The van der Waals surface area contributed by atoms with E-state index in [9.17, 15) is 5.11 Å². The molecule has 1 aliphatic carbocycles. The molecule has 0 amide bonds. The normalized spacial score (nSPS) is 20.5. The van der Waals surface area contributed by atoms with E-state index in [1.54, 1.807) is 0 Å². The van der Waals surface area contributed by atoms with Crippen LogP contribution in [0.3, 0.4) is 0 Å². The highest BCUT2D eigenvalue weighted by Crippen LogP contribution is 2.33. The van der Waals surface area contributed by atoms with Gasteiger partial charge in [-0.15, -0.1) is 0 Å². The average Bonchev–Trinajstić information content (AvgIpc) is 3.14. The van der Waals surface area contributed by atoms with Crippen LogP contribution < -0.4 is 5.32 Å². The Balaban J connectivity index is 2.06. The fourth-order valence-electron chi connectivity index (χ4n) is 2.52. The molecular formula is C16H33NO2. The van der Waals surface area contributed by atoms with Gasteiger partial charge < -0.3 is 15.2 Å². The zero-order valence-electron chi connectivity index (χ0n) is 13.2. The molecule has 0 aromatic rings. The Morgan fingerprint density at radius 3 is 2.47 bits per heavy atom. The maximum atomic E-state index is 9.94. The Labute approximate surface area is 119 Å². The first kappa shape index (κ1) is 16.9. The molecule has 3 nitrogen and oxygen atoms in total. The van der Waals surface area contributed by atoms with E-state index < -0.39 is 0 Å². The van der Waals surface area contributed by atoms with Gasteiger partial charge >= 0.3 is 0 Å². The fraction of sp³-hybridized carbons (Fsp3) is 1.00. The van der Waals surface area contributed by atoms with Crippen molar-refractivity contribution in [1.82, 2.24) is 5.32 Å². The zero-order valence-corrected chi connectivity index (χ0v) is 13.2. The molecule has 0 spiro atoms. The molecule has 0 aliphatic heterocycles. The molecular weight excluding hydrogens is 238 g/mol. The van der Waals surface area contributed by atoms with Gasteiger partial charge in [-0.05, 0) is 38.0 Å². The van der Waals surface area contributed by atoms with Crippen molar-refractivity contribution in [3.8, 4) is 0 Å². The number of ether oxygens (including phenoxy) is 1. The van der Waals surface area contributed by atoms with Gasteiger partial charge in [-0.25, -0.2) is 0 Å². The lowest BCUT2D eigenvalue weighted by molar-refractivity contribution is -0.00941. The molecule has 0 aromatic heterocycles. The summed E-state index contributed by atoms with van der Waals surface area (Å²) < 4.78 is 5.68. The second-order valence-corrected chi connectivity index (χ2v) is 6.62. The molecule has 3 unspecified atom stereocenters. The van der Waals surface area contributed by atoms with Crippen LogP contribution in [0, 0.1) is 11.8 Å². The molecule has 0 saturated heterocycles. The number of aliphatic hydroxyl groups excluding tert-OH is 1. The monoisotopic (exact) mass is 271 g/mol. The molecule has 19 heavy (non-hydrogen) atoms. The van der Waals surface area contributed by atoms with Gasteiger partial charge in [0.1, 0.15) is 0 Å². The maximum absolute atomic E-state index is 9.94. The predicted octanol–water partition coefficient (Wildman–Crippen LogP) is 2.97. The topological polar surface area (TPSA) is 41.5 Å². The van der Waals surface area contributed by atoms with Crippen molar-refractivity contribution in [2.75, 3.05) is 13.2 Å². The number of hydrogen-bond donors (Lipinski definition) is 2. The molecule has 3 atom stereocenters. The number of aliphatic hydroxyl groups is 1. The number of nitrogens with one attached hydrogen (secondary N) is 1. The highest BCUT2D eigenvalue weighted by atomic mass is 16.5. The van der Waals surface area contributed by atoms with Crippen LogP contribution >= 0.6 is 0 Å². The summed E-state index contributed by atoms with van der Waals surface area (Å²) in [5.41, 5.74) is 0. The molecule has 0 radical (unpaired) electrons. The Bertz CT molecular complexity index is 229. The first-order chi connectivity index (χ1) is 9.01. The van der Waals surface area contributed by atoms with E-state index in [0.717, 1.165) is 18.8 Å². The standard InChI is InChI=1S/C16H33NO2/c1-5-15(9-14-6-7-14)17-10-16(18)11-19-13(4)8-12(2)3/h12-18H,5-11H2,1-4H3. The van der Waals surface area contributed by atoms with Crippen LogP contribution in [-0.2, 0) is 4.74 Å². The minimum absolute atomic E-state index is 0.239. The largest absolute Gasteiger partial charge is 0.389 e. The molecule has 0 aromatic carbocycles. The van der Waals surface area contributed by atoms with Crippen LogP contribution in [0.25, 0.3) is 0 Å². The Morgan fingerprint density at radius 1 is 1.26 bits per heavy atom. The molecule has 1 fully saturated rings. The lowest BCUT2D eigenvalue weighted by Crippen LogP contribution is -2.38. The van der Waals surface area contributed by atoms with Crippen molar-refractivity contribution >= 4 is 0 Å². The van der Waals surface area contributed by atoms with Gasteiger partial charge in [-0.2, -0.15) is 0 Å². The van der Waals surface area contributed by atoms with Crippen LogP contribution in [-0.4, -0.2) is 36.5 Å². The van der Waals surface area contributed by atoms with Crippen molar-refractivity contribution in [3.63, 3.8) is 0 Å². The van der Waals surface area contributed by atoms with E-state index in [4.69, 9.17) is 4.74 Å². The van der Waals surface area contributed by atoms with Crippen LogP contribution in [0.5, 0.6) is 0 Å². The van der Waals surface area contributed by atoms with E-state index in [0.29, 0.717) is 25.1 Å². The quantitative estimate of drug-likeness (QED) is 0.607. The van der Waals surface area contributed by atoms with Gasteiger partial charge in [0.05, 0.1) is 18.8 Å². The van der Waals surface area contributed by atoms with E-state index in [2.05, 4.69) is 33.0 Å². The summed E-state index contributed by atoms with van der Waals surface area (Å²) in [6.45, 7) is 9.79. The molecule has 0 bridgehead atoms. The first-order valence-corrected chi connectivity index (χ1v) is 8.04. The number of rotatable bonds is 11. The minimum Gasteiger partial charge on any atom is -0.389 e. The lowest BCUT2D eigenvalue weighted by Gasteiger charge is -2.21. The van der Waals surface area contributed by atoms with Gasteiger partial charge in [0.15, 0.2) is 0 Å². The Kier molecular flexibility index (Phi) is 7.96. The van der Waals surface area contributed by atoms with Gasteiger partial charge in [-0.3, -0.25) is 0 Å². The van der Waals surface area contributed by atoms with Crippen molar-refractivity contribution in [2.45, 2.75) is 78.0 Å². The smallest absolute Gasteiger partial charge is 0.0897 e. The molecule has 0 heterocycles. The molecule has 2 N–H and O–H groups in total. The average molecular weight is 271 g/mol. The predicted molar refractivity (Wildman–Crippen MR) is 80.3 cm³/mol. The Morgan fingerprint density at radius 2 is 1.95 bits per heavy atom. The third kappa shape index (κ3) is 8.61. The summed E-state index contributed by atoms with van der Waals surface area (Å²) in [5.74, 6) is 1.59. The van der Waals surface area contributed by atoms with Gasteiger partial charge in [0.25, 0.3) is 0 Å². The van der Waals surface area contributed by atoms with Crippen molar-refractivity contribution in [3.05, 3.63) is 0 Å². The zero-order chi connectivity index (χ0) is 14.3. The van der Waals surface area contributed by atoms with Crippen LogP contribution in [0.4, 0.5) is 0 Å². The second-order valence-electron chi connectivity index (χ2n) is 6.62. The maximum Gasteiger partial charge on any atom is 0.0897 e. The minimum atomic E-state index is -0.386. The third-order valence-electron chi connectivity index (χ3n) is 3.83. The van der Waals surface area contributed by atoms with Crippen molar-refractivity contribution in [2.24, 2.45) is 11.8 Å². The highest BCUT2D eigenvalue weighted by molar-refractivity contribution is 4.80. The molecule has 1 aliphatic rings. The SMILES string of the molecule is CCC(CC1CC1)NCC(O)COC(C)CC(C)C.